The molecule has 0 saturated heterocycles. The van der Waals surface area contributed by atoms with Gasteiger partial charge in [0.05, 0.1) is 0 Å². The van der Waals surface area contributed by atoms with Gasteiger partial charge in [-0.05, 0) is 25.7 Å². The van der Waals surface area contributed by atoms with Crippen molar-refractivity contribution in [2.75, 3.05) is 13.2 Å². The van der Waals surface area contributed by atoms with E-state index in [4.69, 9.17) is 19.7 Å². The number of carbonyl (C=O) groups is 4. The highest BCUT2D eigenvalue weighted by molar-refractivity contribution is 5.70. The van der Waals surface area contributed by atoms with Crippen LogP contribution in [0.4, 0.5) is 0 Å². The number of esters is 2. The molecule has 0 aromatic heterocycles. The molecule has 0 aliphatic heterocycles. The Hall–Kier alpha value is -2.12. The largest absolute Gasteiger partial charge is 0.481 e. The Kier molecular flexibility index (Phi) is 16.9. The Bertz CT molecular complexity index is 419. The molecule has 2 N–H and O–H groups in total. The van der Waals surface area contributed by atoms with Gasteiger partial charge in [-0.3, -0.25) is 19.2 Å². The minimum Gasteiger partial charge on any atom is -0.481 e. The van der Waals surface area contributed by atoms with Crippen molar-refractivity contribution in [2.45, 2.75) is 89.9 Å². The number of carboxylic acid groups (broad SMARTS) is 2. The smallest absolute Gasteiger partial charge is 0.305 e. The van der Waals surface area contributed by atoms with Gasteiger partial charge in [0.15, 0.2) is 0 Å². The van der Waals surface area contributed by atoms with Crippen LogP contribution >= 0.6 is 0 Å². The van der Waals surface area contributed by atoms with Crippen molar-refractivity contribution in [3.05, 3.63) is 0 Å². The molecule has 0 aliphatic carbocycles. The first-order chi connectivity index (χ1) is 13.4. The first kappa shape index (κ1) is 25.9. The molecular formula is C20H34O8. The highest BCUT2D eigenvalue weighted by Gasteiger charge is 2.06. The third-order valence-corrected chi connectivity index (χ3v) is 4.15. The summed E-state index contributed by atoms with van der Waals surface area (Å²) >= 11 is 0. The monoisotopic (exact) mass is 402 g/mol. The zero-order chi connectivity index (χ0) is 21.0. The van der Waals surface area contributed by atoms with Crippen LogP contribution in [0.15, 0.2) is 0 Å². The molecule has 0 bridgehead atoms. The van der Waals surface area contributed by atoms with Gasteiger partial charge in [0, 0.05) is 25.7 Å². The highest BCUT2D eigenvalue weighted by Crippen LogP contribution is 2.09. The zero-order valence-corrected chi connectivity index (χ0v) is 16.7. The van der Waals surface area contributed by atoms with E-state index in [1.54, 1.807) is 0 Å². The number of hydrogen-bond acceptors (Lipinski definition) is 6. The van der Waals surface area contributed by atoms with E-state index >= 15 is 0 Å². The number of rotatable bonds is 19. The lowest BCUT2D eigenvalue weighted by Gasteiger charge is -2.07. The summed E-state index contributed by atoms with van der Waals surface area (Å²) < 4.78 is 10.00. The molecule has 8 heteroatoms. The Morgan fingerprint density at radius 3 is 1.07 bits per heavy atom. The summed E-state index contributed by atoms with van der Waals surface area (Å²) in [4.78, 5) is 43.8. The van der Waals surface area contributed by atoms with Gasteiger partial charge in [-0.1, -0.05) is 38.5 Å². The average molecular weight is 402 g/mol. The summed E-state index contributed by atoms with van der Waals surface area (Å²) in [6, 6.07) is 0. The van der Waals surface area contributed by atoms with Gasteiger partial charge in [-0.15, -0.1) is 0 Å². The molecule has 0 amide bonds. The Labute approximate surface area is 166 Å². The van der Waals surface area contributed by atoms with Crippen molar-refractivity contribution in [3.8, 4) is 0 Å². The molecule has 0 spiro atoms. The predicted molar refractivity (Wildman–Crippen MR) is 102 cm³/mol. The van der Waals surface area contributed by atoms with Crippen LogP contribution in [0, 0.1) is 0 Å². The lowest BCUT2D eigenvalue weighted by molar-refractivity contribution is -0.152. The minimum atomic E-state index is -0.780. The van der Waals surface area contributed by atoms with Gasteiger partial charge in [0.25, 0.3) is 0 Å². The van der Waals surface area contributed by atoms with E-state index in [1.165, 1.54) is 0 Å². The minimum absolute atomic E-state index is 0.0539. The third kappa shape index (κ3) is 20.2. The Balaban J connectivity index is 3.36. The van der Waals surface area contributed by atoms with Crippen LogP contribution in [0.5, 0.6) is 0 Å². The van der Waals surface area contributed by atoms with Crippen LogP contribution in [0.25, 0.3) is 0 Å². The highest BCUT2D eigenvalue weighted by atomic mass is 16.6. The van der Waals surface area contributed by atoms with Crippen LogP contribution in [-0.4, -0.2) is 47.3 Å². The van der Waals surface area contributed by atoms with E-state index in [2.05, 4.69) is 0 Å². The second-order valence-electron chi connectivity index (χ2n) is 6.76. The topological polar surface area (TPSA) is 127 Å². The average Bonchev–Trinajstić information content (AvgIpc) is 2.63. The number of carboxylic acids is 2. The van der Waals surface area contributed by atoms with Gasteiger partial charge in [0.2, 0.25) is 0 Å². The number of aliphatic carboxylic acids is 2. The van der Waals surface area contributed by atoms with Crippen LogP contribution in [-0.2, 0) is 28.7 Å². The lowest BCUT2D eigenvalue weighted by Crippen LogP contribution is -2.13. The molecule has 0 aromatic rings. The normalized spacial score (nSPS) is 10.4. The summed E-state index contributed by atoms with van der Waals surface area (Å²) in [5.41, 5.74) is 0. The fourth-order valence-corrected chi connectivity index (χ4v) is 2.61. The Morgan fingerprint density at radius 1 is 0.464 bits per heavy atom. The molecule has 0 saturated carbocycles. The van der Waals surface area contributed by atoms with E-state index in [0.29, 0.717) is 38.5 Å². The van der Waals surface area contributed by atoms with Crippen LogP contribution in [0.3, 0.4) is 0 Å². The molecule has 0 aliphatic rings. The van der Waals surface area contributed by atoms with Gasteiger partial charge in [-0.2, -0.15) is 0 Å². The van der Waals surface area contributed by atoms with Crippen LogP contribution < -0.4 is 0 Å². The van der Waals surface area contributed by atoms with Crippen molar-refractivity contribution in [2.24, 2.45) is 0 Å². The molecule has 0 rings (SSSR count). The molecule has 0 radical (unpaired) electrons. The summed E-state index contributed by atoms with van der Waals surface area (Å²) in [5.74, 6) is -2.19. The molecule has 162 valence electrons. The first-order valence-electron chi connectivity index (χ1n) is 10.2. The van der Waals surface area contributed by atoms with Crippen LogP contribution in [0.2, 0.25) is 0 Å². The predicted octanol–water partition coefficient (Wildman–Crippen LogP) is 3.70. The number of ether oxygens (including phenoxy) is 2. The van der Waals surface area contributed by atoms with Crippen molar-refractivity contribution >= 4 is 23.9 Å². The maximum absolute atomic E-state index is 11.5. The van der Waals surface area contributed by atoms with Gasteiger partial charge in [0.1, 0.15) is 13.2 Å². The van der Waals surface area contributed by atoms with E-state index in [-0.39, 0.29) is 38.0 Å². The zero-order valence-electron chi connectivity index (χ0n) is 16.7. The number of hydrogen-bond donors (Lipinski definition) is 2. The van der Waals surface area contributed by atoms with E-state index in [9.17, 15) is 19.2 Å². The maximum Gasteiger partial charge on any atom is 0.305 e. The summed E-state index contributed by atoms with van der Waals surface area (Å²) in [6.07, 6.45) is 8.96. The van der Waals surface area contributed by atoms with Gasteiger partial charge < -0.3 is 19.7 Å². The second kappa shape index (κ2) is 18.3. The van der Waals surface area contributed by atoms with E-state index in [1.807, 2.05) is 0 Å². The molecule has 0 fully saturated rings. The fourth-order valence-electron chi connectivity index (χ4n) is 2.61. The SMILES string of the molecule is O=C(O)CCCCCCCC(=O)OCCOC(=O)CCCCCCCC(=O)O. The molecule has 0 atom stereocenters. The second-order valence-corrected chi connectivity index (χ2v) is 6.76. The first-order valence-corrected chi connectivity index (χ1v) is 10.2. The van der Waals surface area contributed by atoms with E-state index in [0.717, 1.165) is 38.5 Å². The summed E-state index contributed by atoms with van der Waals surface area (Å²) in [7, 11) is 0. The molecule has 28 heavy (non-hydrogen) atoms. The maximum atomic E-state index is 11.5. The Morgan fingerprint density at radius 2 is 0.750 bits per heavy atom. The lowest BCUT2D eigenvalue weighted by atomic mass is 10.1. The standard InChI is InChI=1S/C20H34O8/c21-17(22)11-7-3-1-5-9-13-19(25)27-15-16-28-20(26)14-10-6-2-4-8-12-18(23)24/h1-16H2,(H,21,22)(H,23,24). The quantitative estimate of drug-likeness (QED) is 0.247. The molecule has 0 unspecified atom stereocenters. The summed E-state index contributed by atoms with van der Waals surface area (Å²) in [6.45, 7) is 0.108. The number of unbranched alkanes of at least 4 members (excludes halogenated alkanes) is 8. The fraction of sp³-hybridized carbons (Fsp3) is 0.800. The van der Waals surface area contributed by atoms with Crippen molar-refractivity contribution in [1.82, 2.24) is 0 Å². The van der Waals surface area contributed by atoms with Crippen molar-refractivity contribution < 1.29 is 38.9 Å². The number of carbonyl (C=O) groups excluding carboxylic acids is 2. The molecular weight excluding hydrogens is 368 g/mol. The molecule has 0 aromatic carbocycles. The summed E-state index contributed by atoms with van der Waals surface area (Å²) in [5, 5.41) is 17.0. The molecule has 0 heterocycles. The third-order valence-electron chi connectivity index (χ3n) is 4.15. The van der Waals surface area contributed by atoms with Crippen molar-refractivity contribution in [3.63, 3.8) is 0 Å². The van der Waals surface area contributed by atoms with E-state index < -0.39 is 11.9 Å². The van der Waals surface area contributed by atoms with Crippen molar-refractivity contribution in [1.29, 1.82) is 0 Å². The van der Waals surface area contributed by atoms with Gasteiger partial charge in [-0.25, -0.2) is 0 Å². The van der Waals surface area contributed by atoms with Crippen LogP contribution in [0.1, 0.15) is 89.9 Å². The van der Waals surface area contributed by atoms with Gasteiger partial charge >= 0.3 is 23.9 Å². The molecule has 8 nitrogen and oxygen atoms in total.